The Labute approximate surface area is 138 Å². The number of carbonyl (C=O) groups excluding carboxylic acids is 1. The predicted molar refractivity (Wildman–Crippen MR) is 87.2 cm³/mol. The largest absolute Gasteiger partial charge is 0.339 e. The molecule has 0 bridgehead atoms. The topological polar surface area (TPSA) is 71.3 Å². The molecule has 2 aliphatic rings. The van der Waals surface area contributed by atoms with Gasteiger partial charge < -0.3 is 14.7 Å². The average Bonchev–Trinajstić information content (AvgIpc) is 3.05. The smallest absolute Gasteiger partial charge is 0.317 e. The minimum Gasteiger partial charge on any atom is -0.339 e. The lowest BCUT2D eigenvalue weighted by Crippen LogP contribution is -2.48. The minimum absolute atomic E-state index is 0.0786. The summed E-state index contributed by atoms with van der Waals surface area (Å²) in [5.74, 6) is 1.66. The van der Waals surface area contributed by atoms with Crippen molar-refractivity contribution in [2.45, 2.75) is 76.7 Å². The highest BCUT2D eigenvalue weighted by atomic mass is 16.5. The van der Waals surface area contributed by atoms with Gasteiger partial charge in [-0.1, -0.05) is 31.3 Å². The van der Waals surface area contributed by atoms with Crippen LogP contribution in [0.2, 0.25) is 0 Å². The quantitative estimate of drug-likeness (QED) is 0.924. The molecule has 1 saturated heterocycles. The zero-order valence-corrected chi connectivity index (χ0v) is 14.1. The van der Waals surface area contributed by atoms with Crippen molar-refractivity contribution < 1.29 is 9.32 Å². The Morgan fingerprint density at radius 3 is 2.87 bits per heavy atom. The fourth-order valence-corrected chi connectivity index (χ4v) is 3.63. The first-order chi connectivity index (χ1) is 11.3. The van der Waals surface area contributed by atoms with Crippen LogP contribution in [0.15, 0.2) is 4.52 Å². The van der Waals surface area contributed by atoms with Crippen molar-refractivity contribution in [2.75, 3.05) is 13.1 Å². The number of hydrogen-bond donors (Lipinski definition) is 1. The molecule has 6 nitrogen and oxygen atoms in total. The Morgan fingerprint density at radius 1 is 1.26 bits per heavy atom. The number of nitrogens with zero attached hydrogens (tertiary/aromatic N) is 3. The van der Waals surface area contributed by atoms with Gasteiger partial charge in [-0.25, -0.2) is 4.79 Å². The molecular weight excluding hydrogens is 292 g/mol. The van der Waals surface area contributed by atoms with Crippen LogP contribution in [0.25, 0.3) is 0 Å². The van der Waals surface area contributed by atoms with Gasteiger partial charge in [-0.2, -0.15) is 4.98 Å². The Hall–Kier alpha value is -1.59. The first kappa shape index (κ1) is 16.3. The fraction of sp³-hybridized carbons (Fsp3) is 0.824. The number of nitrogens with one attached hydrogen (secondary N) is 1. The molecule has 2 fully saturated rings. The maximum Gasteiger partial charge on any atom is 0.317 e. The number of piperidine rings is 1. The van der Waals surface area contributed by atoms with Gasteiger partial charge in [-0.3, -0.25) is 0 Å². The second kappa shape index (κ2) is 7.79. The van der Waals surface area contributed by atoms with Crippen LogP contribution < -0.4 is 5.32 Å². The summed E-state index contributed by atoms with van der Waals surface area (Å²) in [7, 11) is 0. The molecule has 2 amide bonds. The summed E-state index contributed by atoms with van der Waals surface area (Å²) < 4.78 is 5.42. The Balaban J connectivity index is 1.55. The predicted octanol–water partition coefficient (Wildman–Crippen LogP) is 3.24. The van der Waals surface area contributed by atoms with Crippen molar-refractivity contribution in [3.05, 3.63) is 11.7 Å². The molecule has 0 radical (unpaired) electrons. The fourth-order valence-electron chi connectivity index (χ4n) is 3.63. The van der Waals surface area contributed by atoms with Crippen molar-refractivity contribution in [3.63, 3.8) is 0 Å². The van der Waals surface area contributed by atoms with Crippen LogP contribution in [-0.2, 0) is 6.42 Å². The molecule has 1 aromatic rings. The van der Waals surface area contributed by atoms with Gasteiger partial charge in [-0.05, 0) is 32.1 Å². The van der Waals surface area contributed by atoms with Crippen LogP contribution in [-0.4, -0.2) is 40.2 Å². The number of amides is 2. The third kappa shape index (κ3) is 4.24. The molecule has 1 aliphatic heterocycles. The molecule has 23 heavy (non-hydrogen) atoms. The van der Waals surface area contributed by atoms with Gasteiger partial charge >= 0.3 is 6.03 Å². The summed E-state index contributed by atoms with van der Waals surface area (Å²) in [5, 5.41) is 7.25. The Bertz CT molecular complexity index is 510. The van der Waals surface area contributed by atoms with Crippen molar-refractivity contribution in [2.24, 2.45) is 0 Å². The number of likely N-dealkylation sites (tertiary alicyclic amines) is 1. The van der Waals surface area contributed by atoms with Crippen LogP contribution in [0.3, 0.4) is 0 Å². The first-order valence-electron chi connectivity index (χ1n) is 9.14. The highest BCUT2D eigenvalue weighted by molar-refractivity contribution is 5.74. The van der Waals surface area contributed by atoms with E-state index in [2.05, 4.69) is 22.4 Å². The van der Waals surface area contributed by atoms with Crippen molar-refractivity contribution >= 4 is 6.03 Å². The van der Waals surface area contributed by atoms with Crippen LogP contribution in [0.1, 0.15) is 75.9 Å². The lowest BCUT2D eigenvalue weighted by Gasteiger charge is -2.33. The monoisotopic (exact) mass is 320 g/mol. The van der Waals surface area contributed by atoms with Crippen LogP contribution >= 0.6 is 0 Å². The van der Waals surface area contributed by atoms with E-state index >= 15 is 0 Å². The van der Waals surface area contributed by atoms with E-state index in [0.717, 1.165) is 50.9 Å². The average molecular weight is 320 g/mol. The molecule has 1 N–H and O–H groups in total. The molecular formula is C17H28N4O2. The summed E-state index contributed by atoms with van der Waals surface area (Å²) in [6.07, 6.45) is 9.87. The van der Waals surface area contributed by atoms with Gasteiger partial charge in [0.1, 0.15) is 0 Å². The Morgan fingerprint density at radius 2 is 2.09 bits per heavy atom. The second-order valence-corrected chi connectivity index (χ2v) is 6.87. The number of rotatable bonds is 4. The van der Waals surface area contributed by atoms with E-state index in [9.17, 15) is 4.79 Å². The molecule has 1 aromatic heterocycles. The van der Waals surface area contributed by atoms with E-state index in [1.54, 1.807) is 0 Å². The third-order valence-electron chi connectivity index (χ3n) is 4.95. The normalized spacial score (nSPS) is 23.0. The molecule has 6 heteroatoms. The molecule has 1 saturated carbocycles. The zero-order chi connectivity index (χ0) is 16.1. The lowest BCUT2D eigenvalue weighted by molar-refractivity contribution is 0.166. The maximum absolute atomic E-state index is 12.5. The molecule has 0 spiro atoms. The van der Waals surface area contributed by atoms with Crippen molar-refractivity contribution in [3.8, 4) is 0 Å². The van der Waals surface area contributed by atoms with Gasteiger partial charge in [0.15, 0.2) is 5.82 Å². The molecule has 0 unspecified atom stereocenters. The maximum atomic E-state index is 12.5. The third-order valence-corrected chi connectivity index (χ3v) is 4.95. The van der Waals surface area contributed by atoms with Crippen LogP contribution in [0, 0.1) is 0 Å². The zero-order valence-electron chi connectivity index (χ0n) is 14.1. The molecule has 128 valence electrons. The van der Waals surface area contributed by atoms with Crippen LogP contribution in [0.5, 0.6) is 0 Å². The van der Waals surface area contributed by atoms with Gasteiger partial charge in [0.25, 0.3) is 0 Å². The molecule has 3 rings (SSSR count). The highest BCUT2D eigenvalue weighted by Crippen LogP contribution is 2.26. The minimum atomic E-state index is 0.0786. The van der Waals surface area contributed by atoms with Gasteiger partial charge in [0.2, 0.25) is 5.89 Å². The van der Waals surface area contributed by atoms with E-state index in [1.807, 2.05) is 4.90 Å². The SMILES string of the molecule is CCCc1noc([C@@H]2CCCN(C(=O)NC3CCCCC3)C2)n1. The standard InChI is InChI=1S/C17H28N4O2/c1-2-7-15-19-16(23-20-15)13-8-6-11-21(12-13)17(22)18-14-9-4-3-5-10-14/h13-14H,2-12H2,1H3,(H,18,22)/t13-/m1/s1. The van der Waals surface area contributed by atoms with E-state index < -0.39 is 0 Å². The van der Waals surface area contributed by atoms with Crippen molar-refractivity contribution in [1.29, 1.82) is 0 Å². The van der Waals surface area contributed by atoms with E-state index in [0.29, 0.717) is 18.5 Å². The van der Waals surface area contributed by atoms with E-state index in [-0.39, 0.29) is 11.9 Å². The number of carbonyl (C=O) groups is 1. The number of aryl methyl sites for hydroxylation is 1. The lowest BCUT2D eigenvalue weighted by atomic mass is 9.95. The van der Waals surface area contributed by atoms with Gasteiger partial charge in [0.05, 0.1) is 5.92 Å². The molecule has 1 aliphatic carbocycles. The van der Waals surface area contributed by atoms with Crippen LogP contribution in [0.4, 0.5) is 4.79 Å². The molecule has 2 heterocycles. The van der Waals surface area contributed by atoms with Gasteiger partial charge in [-0.15, -0.1) is 0 Å². The van der Waals surface area contributed by atoms with Gasteiger partial charge in [0, 0.05) is 25.6 Å². The molecule has 0 aromatic carbocycles. The van der Waals surface area contributed by atoms with E-state index in [4.69, 9.17) is 4.52 Å². The number of urea groups is 1. The second-order valence-electron chi connectivity index (χ2n) is 6.87. The summed E-state index contributed by atoms with van der Waals surface area (Å²) >= 11 is 0. The van der Waals surface area contributed by atoms with E-state index in [1.165, 1.54) is 19.3 Å². The highest BCUT2D eigenvalue weighted by Gasteiger charge is 2.29. The number of hydrogen-bond acceptors (Lipinski definition) is 4. The summed E-state index contributed by atoms with van der Waals surface area (Å²) in [5.41, 5.74) is 0. The first-order valence-corrected chi connectivity index (χ1v) is 9.14. The summed E-state index contributed by atoms with van der Waals surface area (Å²) in [6, 6.07) is 0.436. The summed E-state index contributed by atoms with van der Waals surface area (Å²) in [4.78, 5) is 18.9. The Kier molecular flexibility index (Phi) is 5.51. The van der Waals surface area contributed by atoms with Crippen molar-refractivity contribution in [1.82, 2.24) is 20.4 Å². The molecule has 1 atom stereocenters. The summed E-state index contributed by atoms with van der Waals surface area (Å²) in [6.45, 7) is 3.62. The number of aromatic nitrogens is 2.